The number of anilines is 2. The Bertz CT molecular complexity index is 646. The quantitative estimate of drug-likeness (QED) is 0.847. The second kappa shape index (κ2) is 5.46. The first-order chi connectivity index (χ1) is 9.01. The number of hydrogen-bond donors (Lipinski definition) is 1. The van der Waals surface area contributed by atoms with Crippen molar-refractivity contribution < 1.29 is 0 Å². The van der Waals surface area contributed by atoms with E-state index in [2.05, 4.69) is 60.2 Å². The van der Waals surface area contributed by atoms with Gasteiger partial charge in [0, 0.05) is 10.2 Å². The second-order valence-corrected chi connectivity index (χ2v) is 5.62. The molecule has 2 aromatic rings. The van der Waals surface area contributed by atoms with Crippen LogP contribution >= 0.6 is 15.9 Å². The lowest BCUT2D eigenvalue weighted by atomic mass is 10.0. The highest BCUT2D eigenvalue weighted by Gasteiger charge is 2.07. The minimum absolute atomic E-state index is 0.633. The van der Waals surface area contributed by atoms with Crippen molar-refractivity contribution in [1.82, 2.24) is 0 Å². The fourth-order valence-electron chi connectivity index (χ4n) is 2.23. The molecule has 2 aromatic carbocycles. The monoisotopic (exact) mass is 314 g/mol. The molecule has 0 bridgehead atoms. The van der Waals surface area contributed by atoms with Crippen LogP contribution in [0, 0.1) is 32.1 Å². The normalized spacial score (nSPS) is 10.1. The maximum Gasteiger partial charge on any atom is 0.101 e. The summed E-state index contributed by atoms with van der Waals surface area (Å²) in [4.78, 5) is 0. The Morgan fingerprint density at radius 1 is 1.05 bits per heavy atom. The summed E-state index contributed by atoms with van der Waals surface area (Å²) in [5.74, 6) is 0. The third kappa shape index (κ3) is 2.97. The van der Waals surface area contributed by atoms with E-state index in [1.54, 1.807) is 0 Å². The van der Waals surface area contributed by atoms with Crippen LogP contribution in [-0.2, 0) is 0 Å². The van der Waals surface area contributed by atoms with Crippen molar-refractivity contribution in [2.24, 2.45) is 0 Å². The highest BCUT2D eigenvalue weighted by molar-refractivity contribution is 9.10. The lowest BCUT2D eigenvalue weighted by Gasteiger charge is -2.15. The minimum atomic E-state index is 0.633. The Balaban J connectivity index is 2.45. The minimum Gasteiger partial charge on any atom is -0.354 e. The summed E-state index contributed by atoms with van der Waals surface area (Å²) in [7, 11) is 0. The summed E-state index contributed by atoms with van der Waals surface area (Å²) < 4.78 is 0.909. The van der Waals surface area contributed by atoms with Crippen LogP contribution in [0.1, 0.15) is 22.3 Å². The third-order valence-corrected chi connectivity index (χ3v) is 3.53. The SMILES string of the molecule is Cc1cc(C)c(Nc2ccc(Br)cc2C#N)c(C)c1. The molecule has 0 radical (unpaired) electrons. The van der Waals surface area contributed by atoms with Crippen molar-refractivity contribution in [3.05, 3.63) is 57.1 Å². The molecular weight excluding hydrogens is 300 g/mol. The Morgan fingerprint density at radius 3 is 2.26 bits per heavy atom. The maximum absolute atomic E-state index is 9.19. The van der Waals surface area contributed by atoms with Gasteiger partial charge in [0.1, 0.15) is 6.07 Å². The van der Waals surface area contributed by atoms with Crippen LogP contribution in [0.15, 0.2) is 34.8 Å². The number of nitriles is 1. The Hall–Kier alpha value is -1.79. The molecule has 0 heterocycles. The summed E-state index contributed by atoms with van der Waals surface area (Å²) in [5.41, 5.74) is 6.16. The number of hydrogen-bond acceptors (Lipinski definition) is 2. The number of aryl methyl sites for hydroxylation is 3. The van der Waals surface area contributed by atoms with E-state index < -0.39 is 0 Å². The zero-order chi connectivity index (χ0) is 14.0. The van der Waals surface area contributed by atoms with Gasteiger partial charge in [-0.15, -0.1) is 0 Å². The summed E-state index contributed by atoms with van der Waals surface area (Å²) in [5, 5.41) is 12.6. The summed E-state index contributed by atoms with van der Waals surface area (Å²) in [6.07, 6.45) is 0. The number of nitrogens with zero attached hydrogens (tertiary/aromatic N) is 1. The average molecular weight is 315 g/mol. The van der Waals surface area contributed by atoms with Crippen LogP contribution in [-0.4, -0.2) is 0 Å². The van der Waals surface area contributed by atoms with Gasteiger partial charge >= 0.3 is 0 Å². The fourth-order valence-corrected chi connectivity index (χ4v) is 2.59. The van der Waals surface area contributed by atoms with Crippen molar-refractivity contribution in [1.29, 1.82) is 5.26 Å². The largest absolute Gasteiger partial charge is 0.354 e. The first kappa shape index (κ1) is 13.6. The van der Waals surface area contributed by atoms with E-state index in [1.807, 2.05) is 18.2 Å². The van der Waals surface area contributed by atoms with Gasteiger partial charge in [0.05, 0.1) is 11.3 Å². The van der Waals surface area contributed by atoms with E-state index in [4.69, 9.17) is 0 Å². The van der Waals surface area contributed by atoms with Crippen molar-refractivity contribution in [2.75, 3.05) is 5.32 Å². The highest BCUT2D eigenvalue weighted by Crippen LogP contribution is 2.28. The van der Waals surface area contributed by atoms with Gasteiger partial charge in [-0.05, 0) is 50.1 Å². The molecule has 0 aliphatic heterocycles. The second-order valence-electron chi connectivity index (χ2n) is 4.70. The molecular formula is C16H15BrN2. The summed E-state index contributed by atoms with van der Waals surface area (Å²) in [6, 6.07) is 12.2. The summed E-state index contributed by atoms with van der Waals surface area (Å²) >= 11 is 3.38. The van der Waals surface area contributed by atoms with E-state index in [-0.39, 0.29) is 0 Å². The molecule has 0 saturated heterocycles. The zero-order valence-electron chi connectivity index (χ0n) is 11.2. The van der Waals surface area contributed by atoms with Gasteiger partial charge < -0.3 is 5.32 Å². The topological polar surface area (TPSA) is 35.8 Å². The molecule has 19 heavy (non-hydrogen) atoms. The van der Waals surface area contributed by atoms with Crippen molar-refractivity contribution in [2.45, 2.75) is 20.8 Å². The standard InChI is InChI=1S/C16H15BrN2/c1-10-6-11(2)16(12(3)7-10)19-15-5-4-14(17)8-13(15)9-18/h4-8,19H,1-3H3. The molecule has 1 N–H and O–H groups in total. The van der Waals surface area contributed by atoms with Gasteiger partial charge in [-0.3, -0.25) is 0 Å². The van der Waals surface area contributed by atoms with E-state index in [9.17, 15) is 5.26 Å². The average Bonchev–Trinajstić information content (AvgIpc) is 2.35. The molecule has 0 spiro atoms. The Morgan fingerprint density at radius 2 is 1.68 bits per heavy atom. The van der Waals surface area contributed by atoms with Gasteiger partial charge in [-0.1, -0.05) is 33.6 Å². The molecule has 0 fully saturated rings. The molecule has 96 valence electrons. The van der Waals surface area contributed by atoms with Gasteiger partial charge in [-0.25, -0.2) is 0 Å². The van der Waals surface area contributed by atoms with Crippen LogP contribution in [0.4, 0.5) is 11.4 Å². The number of halogens is 1. The molecule has 2 nitrogen and oxygen atoms in total. The van der Waals surface area contributed by atoms with E-state index in [0.717, 1.165) is 15.8 Å². The van der Waals surface area contributed by atoms with Gasteiger partial charge in [-0.2, -0.15) is 5.26 Å². The highest BCUT2D eigenvalue weighted by atomic mass is 79.9. The van der Waals surface area contributed by atoms with Crippen molar-refractivity contribution in [3.63, 3.8) is 0 Å². The number of nitrogens with one attached hydrogen (secondary N) is 1. The molecule has 0 atom stereocenters. The molecule has 0 aliphatic carbocycles. The van der Waals surface area contributed by atoms with Gasteiger partial charge in [0.2, 0.25) is 0 Å². The lowest BCUT2D eigenvalue weighted by molar-refractivity contribution is 1.30. The predicted octanol–water partition coefficient (Wildman–Crippen LogP) is 4.99. The van der Waals surface area contributed by atoms with Crippen LogP contribution in [0.25, 0.3) is 0 Å². The van der Waals surface area contributed by atoms with E-state index >= 15 is 0 Å². The third-order valence-electron chi connectivity index (χ3n) is 3.04. The number of benzene rings is 2. The smallest absolute Gasteiger partial charge is 0.101 e. The molecule has 3 heteroatoms. The maximum atomic E-state index is 9.19. The van der Waals surface area contributed by atoms with Gasteiger partial charge in [0.25, 0.3) is 0 Å². The van der Waals surface area contributed by atoms with Crippen LogP contribution in [0.3, 0.4) is 0 Å². The molecule has 0 aromatic heterocycles. The lowest BCUT2D eigenvalue weighted by Crippen LogP contribution is -1.99. The first-order valence-corrected chi connectivity index (χ1v) is 6.85. The predicted molar refractivity (Wildman–Crippen MR) is 82.8 cm³/mol. The molecule has 0 amide bonds. The Kier molecular flexibility index (Phi) is 3.92. The Labute approximate surface area is 122 Å². The van der Waals surface area contributed by atoms with E-state index in [1.165, 1.54) is 16.7 Å². The van der Waals surface area contributed by atoms with Crippen molar-refractivity contribution >= 4 is 27.3 Å². The first-order valence-electron chi connectivity index (χ1n) is 6.06. The fraction of sp³-hybridized carbons (Fsp3) is 0.188. The molecule has 0 aliphatic rings. The molecule has 2 rings (SSSR count). The van der Waals surface area contributed by atoms with Crippen molar-refractivity contribution in [3.8, 4) is 6.07 Å². The molecule has 0 saturated carbocycles. The zero-order valence-corrected chi connectivity index (χ0v) is 12.8. The molecule has 0 unspecified atom stereocenters. The summed E-state index contributed by atoms with van der Waals surface area (Å²) in [6.45, 7) is 6.24. The van der Waals surface area contributed by atoms with Crippen LogP contribution in [0.2, 0.25) is 0 Å². The van der Waals surface area contributed by atoms with Gasteiger partial charge in [0.15, 0.2) is 0 Å². The van der Waals surface area contributed by atoms with E-state index in [0.29, 0.717) is 5.56 Å². The van der Waals surface area contributed by atoms with Crippen LogP contribution in [0.5, 0.6) is 0 Å². The number of rotatable bonds is 2. The van der Waals surface area contributed by atoms with Crippen LogP contribution < -0.4 is 5.32 Å².